The van der Waals surface area contributed by atoms with Crippen LogP contribution < -0.4 is 5.32 Å². The molecule has 0 saturated heterocycles. The van der Waals surface area contributed by atoms with Crippen molar-refractivity contribution in [2.24, 2.45) is 0 Å². The number of aromatic nitrogens is 3. The number of hydrogen-bond donors (Lipinski definition) is 1. The minimum atomic E-state index is -4.48. The fraction of sp³-hybridized carbons (Fsp3) is 0.143. The summed E-state index contributed by atoms with van der Waals surface area (Å²) in [6, 6.07) is 10.4. The first-order chi connectivity index (χ1) is 15.3. The molecule has 4 rings (SSSR count). The SMILES string of the molecule is O=C(CCc1nnc(-c2cccc(C(F)(F)F)c2)o1)Nc1nc(-c2ccc(F)cc2)cs1. The smallest absolute Gasteiger partial charge is 0.416 e. The van der Waals surface area contributed by atoms with Gasteiger partial charge in [-0.25, -0.2) is 9.37 Å². The van der Waals surface area contributed by atoms with Crippen molar-refractivity contribution < 1.29 is 26.8 Å². The van der Waals surface area contributed by atoms with Gasteiger partial charge in [0.15, 0.2) is 5.13 Å². The van der Waals surface area contributed by atoms with E-state index in [1.165, 1.54) is 35.6 Å². The highest BCUT2D eigenvalue weighted by Gasteiger charge is 2.30. The summed E-state index contributed by atoms with van der Waals surface area (Å²) >= 11 is 1.22. The number of halogens is 4. The Kier molecular flexibility index (Phi) is 5.99. The topological polar surface area (TPSA) is 80.9 Å². The van der Waals surface area contributed by atoms with E-state index in [4.69, 9.17) is 4.42 Å². The number of thiazole rings is 1. The molecule has 0 aliphatic heterocycles. The molecule has 0 spiro atoms. The van der Waals surface area contributed by atoms with Crippen molar-refractivity contribution in [2.75, 3.05) is 5.32 Å². The Morgan fingerprint density at radius 1 is 1.06 bits per heavy atom. The average Bonchev–Trinajstić information content (AvgIpc) is 3.42. The maximum absolute atomic E-state index is 13.0. The second kappa shape index (κ2) is 8.87. The van der Waals surface area contributed by atoms with Crippen LogP contribution in [-0.4, -0.2) is 21.1 Å². The van der Waals surface area contributed by atoms with Crippen LogP contribution in [0.2, 0.25) is 0 Å². The Hall–Kier alpha value is -3.60. The molecule has 0 bridgehead atoms. The lowest BCUT2D eigenvalue weighted by atomic mass is 10.1. The zero-order valence-electron chi connectivity index (χ0n) is 16.2. The van der Waals surface area contributed by atoms with Crippen molar-refractivity contribution in [1.82, 2.24) is 15.2 Å². The highest BCUT2D eigenvalue weighted by atomic mass is 32.1. The number of amides is 1. The molecule has 4 aromatic rings. The molecule has 0 saturated carbocycles. The molecule has 164 valence electrons. The van der Waals surface area contributed by atoms with E-state index in [9.17, 15) is 22.4 Å². The molecule has 32 heavy (non-hydrogen) atoms. The molecule has 0 unspecified atom stereocenters. The number of nitrogens with zero attached hydrogens (tertiary/aromatic N) is 3. The lowest BCUT2D eigenvalue weighted by molar-refractivity contribution is -0.137. The van der Waals surface area contributed by atoms with Crippen molar-refractivity contribution >= 4 is 22.4 Å². The van der Waals surface area contributed by atoms with Crippen LogP contribution >= 0.6 is 11.3 Å². The Balaban J connectivity index is 1.34. The summed E-state index contributed by atoms with van der Waals surface area (Å²) in [6.07, 6.45) is -4.37. The second-order valence-corrected chi connectivity index (χ2v) is 7.53. The predicted molar refractivity (Wildman–Crippen MR) is 109 cm³/mol. The summed E-state index contributed by atoms with van der Waals surface area (Å²) < 4.78 is 57.0. The molecular formula is C21H14F4N4O2S. The zero-order valence-corrected chi connectivity index (χ0v) is 17.0. The maximum atomic E-state index is 13.0. The number of aryl methyl sites for hydroxylation is 1. The molecule has 0 radical (unpaired) electrons. The van der Waals surface area contributed by atoms with Crippen molar-refractivity contribution in [2.45, 2.75) is 19.0 Å². The van der Waals surface area contributed by atoms with Gasteiger partial charge in [0.05, 0.1) is 11.3 Å². The molecule has 11 heteroatoms. The van der Waals surface area contributed by atoms with Crippen LogP contribution in [0.5, 0.6) is 0 Å². The van der Waals surface area contributed by atoms with E-state index in [1.807, 2.05) is 0 Å². The first kappa shape index (κ1) is 21.6. The minimum Gasteiger partial charge on any atom is -0.421 e. The van der Waals surface area contributed by atoms with Crippen molar-refractivity contribution in [3.63, 3.8) is 0 Å². The molecule has 0 fully saturated rings. The molecular weight excluding hydrogens is 448 g/mol. The molecule has 1 N–H and O–H groups in total. The van der Waals surface area contributed by atoms with E-state index >= 15 is 0 Å². The third kappa shape index (κ3) is 5.17. The minimum absolute atomic E-state index is 0.00961. The molecule has 0 atom stereocenters. The zero-order chi connectivity index (χ0) is 22.7. The lowest BCUT2D eigenvalue weighted by Gasteiger charge is -2.06. The first-order valence-corrected chi connectivity index (χ1v) is 10.2. The second-order valence-electron chi connectivity index (χ2n) is 6.67. The van der Waals surface area contributed by atoms with Gasteiger partial charge in [-0.3, -0.25) is 4.79 Å². The molecule has 0 aliphatic carbocycles. The first-order valence-electron chi connectivity index (χ1n) is 9.29. The number of anilines is 1. The number of nitrogens with one attached hydrogen (secondary N) is 1. The van der Waals surface area contributed by atoms with Crippen LogP contribution in [0.15, 0.2) is 58.3 Å². The summed E-state index contributed by atoms with van der Waals surface area (Å²) in [5, 5.41) is 12.3. The van der Waals surface area contributed by atoms with Crippen molar-refractivity contribution in [3.8, 4) is 22.7 Å². The third-order valence-corrected chi connectivity index (χ3v) is 5.12. The average molecular weight is 462 g/mol. The summed E-state index contributed by atoms with van der Waals surface area (Å²) in [4.78, 5) is 16.5. The normalized spacial score (nSPS) is 11.5. The highest BCUT2D eigenvalue weighted by molar-refractivity contribution is 7.14. The van der Waals surface area contributed by atoms with Gasteiger partial charge in [0.1, 0.15) is 5.82 Å². The molecule has 2 aromatic carbocycles. The van der Waals surface area contributed by atoms with Crippen molar-refractivity contribution in [1.29, 1.82) is 0 Å². The maximum Gasteiger partial charge on any atom is 0.416 e. The van der Waals surface area contributed by atoms with E-state index in [-0.39, 0.29) is 41.9 Å². The van der Waals surface area contributed by atoms with Gasteiger partial charge in [-0.2, -0.15) is 13.2 Å². The van der Waals surface area contributed by atoms with E-state index < -0.39 is 11.7 Å². The number of benzene rings is 2. The van der Waals surface area contributed by atoms with Crippen LogP contribution in [0.4, 0.5) is 22.7 Å². The van der Waals surface area contributed by atoms with Crippen molar-refractivity contribution in [3.05, 3.63) is 71.2 Å². The quantitative estimate of drug-likeness (QED) is 0.378. The van der Waals surface area contributed by atoms with Crippen LogP contribution in [0, 0.1) is 5.82 Å². The Morgan fingerprint density at radius 3 is 2.59 bits per heavy atom. The van der Waals surface area contributed by atoms with Gasteiger partial charge in [0.25, 0.3) is 0 Å². The van der Waals surface area contributed by atoms with E-state index in [1.54, 1.807) is 17.5 Å². The van der Waals surface area contributed by atoms with Gasteiger partial charge < -0.3 is 9.73 Å². The molecule has 0 aliphatic rings. The Bertz CT molecular complexity index is 1240. The van der Waals surface area contributed by atoms with Crippen LogP contribution in [0.1, 0.15) is 17.9 Å². The summed E-state index contributed by atoms with van der Waals surface area (Å²) in [5.41, 5.74) is 0.640. The summed E-state index contributed by atoms with van der Waals surface area (Å²) in [6.45, 7) is 0. The summed E-state index contributed by atoms with van der Waals surface area (Å²) in [7, 11) is 0. The molecule has 2 heterocycles. The lowest BCUT2D eigenvalue weighted by Crippen LogP contribution is -2.12. The number of carbonyl (C=O) groups is 1. The molecule has 1 amide bonds. The fourth-order valence-electron chi connectivity index (χ4n) is 2.79. The summed E-state index contributed by atoms with van der Waals surface area (Å²) in [5.74, 6) is -0.632. The number of rotatable bonds is 6. The van der Waals surface area contributed by atoms with Gasteiger partial charge in [-0.1, -0.05) is 6.07 Å². The van der Waals surface area contributed by atoms with E-state index in [0.29, 0.717) is 10.8 Å². The monoisotopic (exact) mass is 462 g/mol. The van der Waals surface area contributed by atoms with Gasteiger partial charge >= 0.3 is 6.18 Å². The van der Waals surface area contributed by atoms with Gasteiger partial charge in [-0.15, -0.1) is 21.5 Å². The fourth-order valence-corrected chi connectivity index (χ4v) is 3.52. The number of alkyl halides is 3. The van der Waals surface area contributed by atoms with Gasteiger partial charge in [0.2, 0.25) is 17.7 Å². The van der Waals surface area contributed by atoms with E-state index in [2.05, 4.69) is 20.5 Å². The Morgan fingerprint density at radius 2 is 1.84 bits per heavy atom. The van der Waals surface area contributed by atoms with Crippen LogP contribution in [-0.2, 0) is 17.4 Å². The molecule has 2 aromatic heterocycles. The van der Waals surface area contributed by atoms with Gasteiger partial charge in [0, 0.05) is 29.3 Å². The predicted octanol–water partition coefficient (Wildman–Crippen LogP) is 5.59. The number of carbonyl (C=O) groups excluding carboxylic acids is 1. The van der Waals surface area contributed by atoms with Gasteiger partial charge in [-0.05, 0) is 42.5 Å². The highest BCUT2D eigenvalue weighted by Crippen LogP contribution is 2.32. The standard InChI is InChI=1S/C21H14F4N4O2S/c22-15-6-4-12(5-7-15)16-11-32-20(26-16)27-17(30)8-9-18-28-29-19(31-18)13-2-1-3-14(10-13)21(23,24)25/h1-7,10-11H,8-9H2,(H,26,27,30). The Labute approximate surface area is 182 Å². The number of hydrogen-bond acceptors (Lipinski definition) is 6. The largest absolute Gasteiger partial charge is 0.421 e. The van der Waals surface area contributed by atoms with Crippen LogP contribution in [0.3, 0.4) is 0 Å². The third-order valence-electron chi connectivity index (χ3n) is 4.36. The molecule has 6 nitrogen and oxygen atoms in total. The van der Waals surface area contributed by atoms with Crippen LogP contribution in [0.25, 0.3) is 22.7 Å². The van der Waals surface area contributed by atoms with E-state index in [0.717, 1.165) is 17.7 Å².